The van der Waals surface area contributed by atoms with E-state index in [2.05, 4.69) is 77.8 Å². The third-order valence-electron chi connectivity index (χ3n) is 7.17. The van der Waals surface area contributed by atoms with Crippen molar-refractivity contribution in [3.8, 4) is 0 Å². The summed E-state index contributed by atoms with van der Waals surface area (Å²) in [6, 6.07) is 28.0. The lowest BCUT2D eigenvalue weighted by molar-refractivity contribution is -0.134. The minimum absolute atomic E-state index is 0.174. The molecule has 1 heterocycles. The molecule has 3 nitrogen and oxygen atoms in total. The smallest absolute Gasteiger partial charge is 0.293 e. The predicted molar refractivity (Wildman–Crippen MR) is 134 cm³/mol. The predicted octanol–water partition coefficient (Wildman–Crippen LogP) is 6.75. The van der Waals surface area contributed by atoms with E-state index < -0.39 is 0 Å². The minimum atomic E-state index is -0.201. The molecule has 0 aliphatic heterocycles. The number of hydrogen-bond donors (Lipinski definition) is 0. The van der Waals surface area contributed by atoms with Crippen LogP contribution in [0.2, 0.25) is 0 Å². The molecule has 6 rings (SSSR count). The third kappa shape index (κ3) is 3.54. The quantitative estimate of drug-likeness (QED) is 0.228. The Hall–Kier alpha value is -3.72. The number of rotatable bonds is 5. The number of ether oxygens (including phenoxy) is 1. The van der Waals surface area contributed by atoms with E-state index in [1.165, 1.54) is 38.2 Å². The summed E-state index contributed by atoms with van der Waals surface area (Å²) in [5.41, 5.74) is 4.89. The van der Waals surface area contributed by atoms with Crippen LogP contribution < -0.4 is 0 Å². The highest BCUT2D eigenvalue weighted by Gasteiger charge is 2.31. The van der Waals surface area contributed by atoms with Crippen molar-refractivity contribution in [3.63, 3.8) is 0 Å². The Kier molecular flexibility index (Phi) is 5.03. The van der Waals surface area contributed by atoms with Gasteiger partial charge in [0, 0.05) is 23.9 Å². The lowest BCUT2D eigenvalue weighted by Gasteiger charge is -2.32. The van der Waals surface area contributed by atoms with Crippen molar-refractivity contribution in [3.05, 3.63) is 102 Å². The van der Waals surface area contributed by atoms with Crippen LogP contribution in [0.5, 0.6) is 0 Å². The van der Waals surface area contributed by atoms with Crippen LogP contribution in [0.3, 0.4) is 0 Å². The second kappa shape index (κ2) is 8.32. The molecule has 0 radical (unpaired) electrons. The van der Waals surface area contributed by atoms with Crippen LogP contribution in [0.1, 0.15) is 35.4 Å². The van der Waals surface area contributed by atoms with Gasteiger partial charge >= 0.3 is 0 Å². The molecule has 0 amide bonds. The molecule has 2 unspecified atom stereocenters. The van der Waals surface area contributed by atoms with Crippen molar-refractivity contribution in [2.45, 2.75) is 37.7 Å². The third-order valence-corrected chi connectivity index (χ3v) is 7.17. The summed E-state index contributed by atoms with van der Waals surface area (Å²) in [5.74, 6) is 0.174. The Morgan fingerprint density at radius 1 is 0.909 bits per heavy atom. The van der Waals surface area contributed by atoms with Gasteiger partial charge in [0.15, 0.2) is 0 Å². The Morgan fingerprint density at radius 3 is 2.73 bits per heavy atom. The van der Waals surface area contributed by atoms with E-state index in [0.29, 0.717) is 12.9 Å². The van der Waals surface area contributed by atoms with Gasteiger partial charge in [-0.05, 0) is 75.7 Å². The molecule has 1 aromatic heterocycles. The molecule has 33 heavy (non-hydrogen) atoms. The average Bonchev–Trinajstić information content (AvgIpc) is 2.87. The normalized spacial score (nSPS) is 16.5. The summed E-state index contributed by atoms with van der Waals surface area (Å²) in [7, 11) is 0. The molecule has 1 aliphatic carbocycles. The highest BCUT2D eigenvalue weighted by atomic mass is 16.5. The summed E-state index contributed by atoms with van der Waals surface area (Å²) in [6.45, 7) is 0.627. The SMILES string of the molecule is O=COC(Cc1ccc2ncccc2c1)C1CCCc2ccc3c(ccc4ccccc43)c21. The molecule has 5 aromatic rings. The van der Waals surface area contributed by atoms with Crippen LogP contribution >= 0.6 is 0 Å². The lowest BCUT2D eigenvalue weighted by Crippen LogP contribution is -2.28. The van der Waals surface area contributed by atoms with Crippen LogP contribution in [0, 0.1) is 0 Å². The van der Waals surface area contributed by atoms with Crippen molar-refractivity contribution < 1.29 is 9.53 Å². The number of pyridine rings is 1. The monoisotopic (exact) mass is 431 g/mol. The zero-order valence-electron chi connectivity index (χ0n) is 18.4. The Morgan fingerprint density at radius 2 is 1.79 bits per heavy atom. The van der Waals surface area contributed by atoms with E-state index in [0.717, 1.165) is 30.2 Å². The van der Waals surface area contributed by atoms with Gasteiger partial charge < -0.3 is 4.74 Å². The molecule has 3 heteroatoms. The van der Waals surface area contributed by atoms with Crippen molar-refractivity contribution >= 4 is 38.9 Å². The molecular formula is C30H25NO2. The van der Waals surface area contributed by atoms with Crippen LogP contribution in [-0.4, -0.2) is 17.6 Å². The van der Waals surface area contributed by atoms with E-state index in [1.807, 2.05) is 12.3 Å². The highest BCUT2D eigenvalue weighted by Crippen LogP contribution is 2.42. The molecule has 4 aromatic carbocycles. The topological polar surface area (TPSA) is 39.2 Å². The van der Waals surface area contributed by atoms with Gasteiger partial charge in [0.1, 0.15) is 6.10 Å². The van der Waals surface area contributed by atoms with Crippen molar-refractivity contribution in [2.24, 2.45) is 0 Å². The maximum Gasteiger partial charge on any atom is 0.293 e. The van der Waals surface area contributed by atoms with Gasteiger partial charge in [-0.2, -0.15) is 0 Å². The molecule has 0 saturated heterocycles. The number of benzene rings is 4. The summed E-state index contributed by atoms with van der Waals surface area (Å²) >= 11 is 0. The van der Waals surface area contributed by atoms with Crippen LogP contribution in [-0.2, 0) is 22.4 Å². The standard InChI is InChI=1S/C30H25NO2/c32-19-33-29(18-20-10-15-28-23(17-20)7-4-16-31-28)27-9-3-6-22-12-13-25-24-8-2-1-5-21(24)11-14-26(25)30(22)27/h1-2,4-5,7-8,10-17,19,27,29H,3,6,9,18H2. The zero-order valence-corrected chi connectivity index (χ0v) is 18.4. The van der Waals surface area contributed by atoms with E-state index in [1.54, 1.807) is 0 Å². The van der Waals surface area contributed by atoms with Crippen LogP contribution in [0.25, 0.3) is 32.4 Å². The van der Waals surface area contributed by atoms with Gasteiger partial charge in [0.2, 0.25) is 0 Å². The Bertz CT molecular complexity index is 1490. The van der Waals surface area contributed by atoms with E-state index in [9.17, 15) is 4.79 Å². The number of fused-ring (bicyclic) bond motifs is 6. The molecule has 0 saturated carbocycles. The van der Waals surface area contributed by atoms with Crippen molar-refractivity contribution in [2.75, 3.05) is 0 Å². The van der Waals surface area contributed by atoms with Crippen LogP contribution in [0.15, 0.2) is 85.1 Å². The second-order valence-electron chi connectivity index (χ2n) is 9.02. The number of nitrogens with zero attached hydrogens (tertiary/aromatic N) is 1. The first-order valence-corrected chi connectivity index (χ1v) is 11.7. The van der Waals surface area contributed by atoms with Crippen LogP contribution in [0.4, 0.5) is 0 Å². The summed E-state index contributed by atoms with van der Waals surface area (Å²) in [4.78, 5) is 16.0. The minimum Gasteiger partial charge on any atom is -0.464 e. The van der Waals surface area contributed by atoms with Crippen molar-refractivity contribution in [1.29, 1.82) is 0 Å². The number of aromatic nitrogens is 1. The molecule has 162 valence electrons. The fourth-order valence-corrected chi connectivity index (χ4v) is 5.68. The first-order chi connectivity index (χ1) is 16.3. The molecule has 0 fully saturated rings. The number of hydrogen-bond acceptors (Lipinski definition) is 3. The largest absolute Gasteiger partial charge is 0.464 e. The molecule has 0 N–H and O–H groups in total. The summed E-state index contributed by atoms with van der Waals surface area (Å²) in [6.07, 6.45) is 5.51. The molecule has 1 aliphatic rings. The maximum absolute atomic E-state index is 11.6. The maximum atomic E-state index is 11.6. The first kappa shape index (κ1) is 19.9. The van der Waals surface area contributed by atoms with Crippen molar-refractivity contribution in [1.82, 2.24) is 4.98 Å². The highest BCUT2D eigenvalue weighted by molar-refractivity contribution is 6.09. The fraction of sp³-hybridized carbons (Fsp3) is 0.200. The van der Waals surface area contributed by atoms with Gasteiger partial charge in [-0.15, -0.1) is 0 Å². The fourth-order valence-electron chi connectivity index (χ4n) is 5.68. The second-order valence-corrected chi connectivity index (χ2v) is 9.02. The van der Waals surface area contributed by atoms with Gasteiger partial charge in [-0.25, -0.2) is 0 Å². The Labute approximate surface area is 193 Å². The molecular weight excluding hydrogens is 406 g/mol. The first-order valence-electron chi connectivity index (χ1n) is 11.7. The number of carbonyl (C=O) groups excluding carboxylic acids is 1. The Balaban J connectivity index is 1.45. The molecule has 2 atom stereocenters. The van der Waals surface area contributed by atoms with E-state index >= 15 is 0 Å². The van der Waals surface area contributed by atoms with Gasteiger partial charge in [0.25, 0.3) is 6.47 Å². The zero-order chi connectivity index (χ0) is 22.2. The molecule has 0 bridgehead atoms. The number of carbonyl (C=O) groups is 1. The van der Waals surface area contributed by atoms with E-state index in [-0.39, 0.29) is 12.0 Å². The summed E-state index contributed by atoms with van der Waals surface area (Å²) < 4.78 is 5.79. The average molecular weight is 432 g/mol. The van der Waals surface area contributed by atoms with E-state index in [4.69, 9.17) is 4.74 Å². The van der Waals surface area contributed by atoms with Gasteiger partial charge in [-0.1, -0.05) is 60.7 Å². The lowest BCUT2D eigenvalue weighted by atomic mass is 9.75. The number of aryl methyl sites for hydroxylation is 1. The summed E-state index contributed by atoms with van der Waals surface area (Å²) in [5, 5.41) is 6.21. The van der Waals surface area contributed by atoms with Gasteiger partial charge in [0.05, 0.1) is 5.52 Å². The molecule has 0 spiro atoms. The van der Waals surface area contributed by atoms with Gasteiger partial charge in [-0.3, -0.25) is 9.78 Å².